The highest BCUT2D eigenvalue weighted by molar-refractivity contribution is 5.01. The van der Waals surface area contributed by atoms with Crippen molar-refractivity contribution >= 4 is 0 Å². The Labute approximate surface area is 281 Å². The number of hydrogen-bond acceptors (Lipinski definition) is 21. The van der Waals surface area contributed by atoms with Crippen molar-refractivity contribution in [1.29, 1.82) is 0 Å². The van der Waals surface area contributed by atoms with Gasteiger partial charge in [-0.1, -0.05) is 0 Å². The molecule has 21 nitrogen and oxygen atoms in total. The van der Waals surface area contributed by atoms with Gasteiger partial charge in [0, 0.05) is 18.5 Å². The van der Waals surface area contributed by atoms with E-state index in [1.807, 2.05) is 0 Å². The minimum Gasteiger partial charge on any atom is -0.394 e. The standard InChI is InChI=1S/C28H52N4O17/c1-7-22(47-28-21(41)20(40)17(37)12(5-34)45-28)19(39)15(32)26(43-7)46-13-6-42-27(18(13)38)49-24-16(36)9(29)3-10(30)23(24)48-25-14(31)11(35)2-8(4-33)44-25/h7-28,33-41H,2-6,29-32H2,1H3. The lowest BCUT2D eigenvalue weighted by atomic mass is 9.84. The second-order valence-electron chi connectivity index (χ2n) is 13.4. The molecule has 0 radical (unpaired) electrons. The molecule has 0 aromatic heterocycles. The van der Waals surface area contributed by atoms with Crippen molar-refractivity contribution in [2.24, 2.45) is 22.9 Å². The first kappa shape index (κ1) is 39.4. The minimum atomic E-state index is -1.72. The number of ether oxygens (including phenoxy) is 8. The predicted octanol–water partition coefficient (Wildman–Crippen LogP) is -8.31. The van der Waals surface area contributed by atoms with Crippen molar-refractivity contribution in [3.05, 3.63) is 0 Å². The lowest BCUT2D eigenvalue weighted by Crippen LogP contribution is -2.66. The van der Waals surface area contributed by atoms with Crippen LogP contribution in [0, 0.1) is 0 Å². The van der Waals surface area contributed by atoms with Gasteiger partial charge in [0.05, 0.1) is 56.3 Å². The summed E-state index contributed by atoms with van der Waals surface area (Å²) in [6, 6.07) is -3.91. The van der Waals surface area contributed by atoms with Crippen LogP contribution in [0.5, 0.6) is 0 Å². The van der Waals surface area contributed by atoms with E-state index in [1.165, 1.54) is 6.92 Å². The Morgan fingerprint density at radius 1 is 0.571 bits per heavy atom. The van der Waals surface area contributed by atoms with Crippen molar-refractivity contribution in [3.63, 3.8) is 0 Å². The Bertz CT molecular complexity index is 1060. The van der Waals surface area contributed by atoms with E-state index in [4.69, 9.17) is 60.8 Å². The van der Waals surface area contributed by atoms with Gasteiger partial charge in [0.15, 0.2) is 25.2 Å². The van der Waals surface area contributed by atoms with E-state index in [0.717, 1.165) is 0 Å². The third-order valence-electron chi connectivity index (χ3n) is 9.83. The molecule has 0 bridgehead atoms. The van der Waals surface area contributed by atoms with Crippen LogP contribution in [0.15, 0.2) is 0 Å². The zero-order valence-corrected chi connectivity index (χ0v) is 26.8. The fraction of sp³-hybridized carbons (Fsp3) is 1.00. The van der Waals surface area contributed by atoms with Crippen molar-refractivity contribution in [2.75, 3.05) is 19.8 Å². The van der Waals surface area contributed by atoms with Crippen molar-refractivity contribution < 1.29 is 83.9 Å². The summed E-state index contributed by atoms with van der Waals surface area (Å²) in [6.07, 6.45) is -23.3. The number of aliphatic hydroxyl groups is 9. The maximum atomic E-state index is 11.1. The van der Waals surface area contributed by atoms with Gasteiger partial charge < -0.3 is 107 Å². The third kappa shape index (κ3) is 8.22. The Morgan fingerprint density at radius 3 is 1.90 bits per heavy atom. The summed E-state index contributed by atoms with van der Waals surface area (Å²) in [5.41, 5.74) is 24.8. The molecule has 22 atom stereocenters. The van der Waals surface area contributed by atoms with Gasteiger partial charge >= 0.3 is 0 Å². The third-order valence-corrected chi connectivity index (χ3v) is 9.83. The highest BCUT2D eigenvalue weighted by atomic mass is 16.8. The Morgan fingerprint density at radius 2 is 1.22 bits per heavy atom. The van der Waals surface area contributed by atoms with Crippen LogP contribution in [0.3, 0.4) is 0 Å². The number of rotatable bonds is 10. The van der Waals surface area contributed by atoms with Crippen LogP contribution in [0.25, 0.3) is 0 Å². The summed E-state index contributed by atoms with van der Waals surface area (Å²) >= 11 is 0. The lowest BCUT2D eigenvalue weighted by molar-refractivity contribution is -0.346. The van der Waals surface area contributed by atoms with Gasteiger partial charge in [0.1, 0.15) is 61.0 Å². The highest BCUT2D eigenvalue weighted by Crippen LogP contribution is 2.33. The summed E-state index contributed by atoms with van der Waals surface area (Å²) < 4.78 is 46.1. The molecule has 4 heterocycles. The van der Waals surface area contributed by atoms with E-state index in [2.05, 4.69) is 0 Å². The SMILES string of the molecule is CC1OC(OC2COC(OC3C(O)C(N)CC(N)C3OC3OC(CO)CC(O)C3N)C2O)C(N)C(O)C1OC1OC(CO)C(O)C(O)C1O. The van der Waals surface area contributed by atoms with Crippen molar-refractivity contribution in [2.45, 2.75) is 155 Å². The van der Waals surface area contributed by atoms with E-state index >= 15 is 0 Å². The van der Waals surface area contributed by atoms with E-state index in [1.54, 1.807) is 0 Å². The molecule has 286 valence electrons. The Balaban J connectivity index is 1.20. The molecular weight excluding hydrogens is 664 g/mol. The molecule has 0 aromatic carbocycles. The molecule has 1 aliphatic carbocycles. The molecule has 5 rings (SSSR count). The average Bonchev–Trinajstić information content (AvgIpc) is 3.41. The molecule has 49 heavy (non-hydrogen) atoms. The summed E-state index contributed by atoms with van der Waals surface area (Å²) in [4.78, 5) is 0. The van der Waals surface area contributed by atoms with Crippen LogP contribution in [0.4, 0.5) is 0 Å². The van der Waals surface area contributed by atoms with Crippen LogP contribution < -0.4 is 22.9 Å². The van der Waals surface area contributed by atoms with Gasteiger partial charge in [-0.3, -0.25) is 0 Å². The number of aliphatic hydroxyl groups excluding tert-OH is 9. The number of hydrogen-bond donors (Lipinski definition) is 13. The average molecular weight is 717 g/mol. The zero-order valence-electron chi connectivity index (χ0n) is 26.8. The van der Waals surface area contributed by atoms with Gasteiger partial charge in [0.2, 0.25) is 0 Å². The molecule has 17 N–H and O–H groups in total. The molecule has 0 spiro atoms. The summed E-state index contributed by atoms with van der Waals surface area (Å²) in [5, 5.41) is 93.0. The largest absolute Gasteiger partial charge is 0.394 e. The Kier molecular flexibility index (Phi) is 13.2. The molecule has 4 aliphatic heterocycles. The van der Waals surface area contributed by atoms with Crippen molar-refractivity contribution in [1.82, 2.24) is 0 Å². The maximum Gasteiger partial charge on any atom is 0.187 e. The fourth-order valence-electron chi connectivity index (χ4n) is 6.76. The molecule has 0 aromatic rings. The van der Waals surface area contributed by atoms with Crippen LogP contribution in [-0.2, 0) is 37.9 Å². The lowest BCUT2D eigenvalue weighted by Gasteiger charge is -2.46. The van der Waals surface area contributed by atoms with E-state index in [9.17, 15) is 46.0 Å². The van der Waals surface area contributed by atoms with Crippen LogP contribution >= 0.6 is 0 Å². The normalized spacial score (nSPS) is 54.2. The van der Waals surface area contributed by atoms with E-state index in [-0.39, 0.29) is 19.4 Å². The van der Waals surface area contributed by atoms with Crippen LogP contribution in [-0.4, -0.2) is 201 Å². The van der Waals surface area contributed by atoms with Crippen LogP contribution in [0.2, 0.25) is 0 Å². The van der Waals surface area contributed by atoms with Gasteiger partial charge in [0.25, 0.3) is 0 Å². The second kappa shape index (κ2) is 16.4. The fourth-order valence-corrected chi connectivity index (χ4v) is 6.76. The van der Waals surface area contributed by atoms with E-state index < -0.39 is 148 Å². The van der Waals surface area contributed by atoms with Gasteiger partial charge in [-0.15, -0.1) is 0 Å². The molecule has 22 unspecified atom stereocenters. The predicted molar refractivity (Wildman–Crippen MR) is 158 cm³/mol. The first-order valence-electron chi connectivity index (χ1n) is 16.4. The smallest absolute Gasteiger partial charge is 0.187 e. The van der Waals surface area contributed by atoms with Gasteiger partial charge in [-0.2, -0.15) is 0 Å². The molecular formula is C28H52N4O17. The van der Waals surface area contributed by atoms with Gasteiger partial charge in [-0.05, 0) is 13.3 Å². The van der Waals surface area contributed by atoms with Crippen LogP contribution in [0.1, 0.15) is 19.8 Å². The first-order valence-corrected chi connectivity index (χ1v) is 16.4. The van der Waals surface area contributed by atoms with Crippen molar-refractivity contribution in [3.8, 4) is 0 Å². The highest BCUT2D eigenvalue weighted by Gasteiger charge is 2.53. The monoisotopic (exact) mass is 716 g/mol. The first-order chi connectivity index (χ1) is 23.2. The summed E-state index contributed by atoms with van der Waals surface area (Å²) in [5.74, 6) is 0. The van der Waals surface area contributed by atoms with Gasteiger partial charge in [-0.25, -0.2) is 0 Å². The molecule has 1 saturated carbocycles. The molecule has 0 amide bonds. The molecule has 4 saturated heterocycles. The quantitative estimate of drug-likeness (QED) is 0.0998. The molecule has 21 heteroatoms. The topological polar surface area (TPSA) is 360 Å². The van der Waals surface area contributed by atoms with E-state index in [0.29, 0.717) is 0 Å². The number of nitrogens with two attached hydrogens (primary N) is 4. The second-order valence-corrected chi connectivity index (χ2v) is 13.4. The summed E-state index contributed by atoms with van der Waals surface area (Å²) in [6.45, 7) is 0.199. The minimum absolute atomic E-state index is 0.0846. The molecule has 5 fully saturated rings. The summed E-state index contributed by atoms with van der Waals surface area (Å²) in [7, 11) is 0. The maximum absolute atomic E-state index is 11.1. The Hall–Kier alpha value is -0.840. The zero-order chi connectivity index (χ0) is 35.9. The molecule has 5 aliphatic rings.